The van der Waals surface area contributed by atoms with Crippen LogP contribution in [0.25, 0.3) is 0 Å². The number of amides is 1. The van der Waals surface area contributed by atoms with E-state index in [0.717, 1.165) is 5.82 Å². The molecule has 2 aromatic heterocycles. The summed E-state index contributed by atoms with van der Waals surface area (Å²) in [6, 6.07) is 3.29. The molecule has 6 heteroatoms. The second-order valence-corrected chi connectivity index (χ2v) is 2.92. The van der Waals surface area contributed by atoms with Gasteiger partial charge in [-0.3, -0.25) is 9.89 Å². The van der Waals surface area contributed by atoms with E-state index >= 15 is 0 Å². The zero-order valence-electron chi connectivity index (χ0n) is 7.93. The smallest absolute Gasteiger partial charge is 0.286 e. The number of carbonyl (C=O) groups is 1. The average molecular weight is 206 g/mol. The number of carbonyl (C=O) groups excluding carboxylic acids is 1. The second-order valence-electron chi connectivity index (χ2n) is 2.92. The Morgan fingerprint density at radius 1 is 1.60 bits per heavy atom. The van der Waals surface area contributed by atoms with Crippen molar-refractivity contribution in [2.75, 3.05) is 6.54 Å². The molecule has 0 spiro atoms. The average Bonchev–Trinajstić information content (AvgIpc) is 2.90. The lowest BCUT2D eigenvalue weighted by molar-refractivity contribution is 0.0926. The number of furan rings is 1. The number of hydrogen-bond acceptors (Lipinski definition) is 4. The van der Waals surface area contributed by atoms with Gasteiger partial charge in [0.25, 0.3) is 5.91 Å². The molecular weight excluding hydrogens is 196 g/mol. The van der Waals surface area contributed by atoms with E-state index in [1.807, 2.05) is 0 Å². The number of rotatable bonds is 4. The molecule has 2 N–H and O–H groups in total. The molecule has 0 unspecified atom stereocenters. The number of hydrogen-bond donors (Lipinski definition) is 2. The monoisotopic (exact) mass is 206 g/mol. The number of nitrogens with zero attached hydrogens (tertiary/aromatic N) is 2. The molecule has 78 valence electrons. The molecule has 0 fully saturated rings. The van der Waals surface area contributed by atoms with Gasteiger partial charge in [0.05, 0.1) is 6.26 Å². The van der Waals surface area contributed by atoms with Crippen LogP contribution in [0.3, 0.4) is 0 Å². The van der Waals surface area contributed by atoms with Crippen molar-refractivity contribution in [1.29, 1.82) is 0 Å². The van der Waals surface area contributed by atoms with Crippen LogP contribution in [0.5, 0.6) is 0 Å². The Hall–Kier alpha value is -2.11. The minimum absolute atomic E-state index is 0.223. The highest BCUT2D eigenvalue weighted by molar-refractivity contribution is 5.91. The lowest BCUT2D eigenvalue weighted by atomic mass is 10.3. The third-order valence-electron chi connectivity index (χ3n) is 1.86. The molecule has 6 nitrogen and oxygen atoms in total. The van der Waals surface area contributed by atoms with Crippen LogP contribution in [0.4, 0.5) is 0 Å². The van der Waals surface area contributed by atoms with Crippen LogP contribution < -0.4 is 5.32 Å². The summed E-state index contributed by atoms with van der Waals surface area (Å²) < 4.78 is 4.94. The van der Waals surface area contributed by atoms with Crippen molar-refractivity contribution in [2.24, 2.45) is 0 Å². The summed E-state index contributed by atoms with van der Waals surface area (Å²) in [5.41, 5.74) is 0. The first-order valence-electron chi connectivity index (χ1n) is 4.52. The first-order chi connectivity index (χ1) is 7.36. The summed E-state index contributed by atoms with van der Waals surface area (Å²) in [6.07, 6.45) is 3.52. The minimum atomic E-state index is -0.223. The van der Waals surface area contributed by atoms with Gasteiger partial charge in [-0.25, -0.2) is 4.98 Å². The Balaban J connectivity index is 1.77. The van der Waals surface area contributed by atoms with Gasteiger partial charge in [-0.2, -0.15) is 5.10 Å². The summed E-state index contributed by atoms with van der Waals surface area (Å²) in [5, 5.41) is 9.12. The quantitative estimate of drug-likeness (QED) is 0.757. The van der Waals surface area contributed by atoms with Crippen molar-refractivity contribution < 1.29 is 9.21 Å². The maximum absolute atomic E-state index is 11.4. The molecule has 1 amide bonds. The van der Waals surface area contributed by atoms with Gasteiger partial charge >= 0.3 is 0 Å². The molecule has 2 aromatic rings. The lowest BCUT2D eigenvalue weighted by Gasteiger charge is -2.00. The van der Waals surface area contributed by atoms with Gasteiger partial charge in [-0.15, -0.1) is 0 Å². The topological polar surface area (TPSA) is 83.8 Å². The van der Waals surface area contributed by atoms with E-state index in [-0.39, 0.29) is 5.91 Å². The Bertz CT molecular complexity index is 407. The van der Waals surface area contributed by atoms with Crippen LogP contribution in [0.15, 0.2) is 29.1 Å². The van der Waals surface area contributed by atoms with E-state index < -0.39 is 0 Å². The maximum atomic E-state index is 11.4. The molecule has 15 heavy (non-hydrogen) atoms. The molecule has 0 aliphatic rings. The van der Waals surface area contributed by atoms with Crippen LogP contribution >= 0.6 is 0 Å². The highest BCUT2D eigenvalue weighted by Crippen LogP contribution is 1.98. The predicted molar refractivity (Wildman–Crippen MR) is 51.1 cm³/mol. The Labute approximate surface area is 85.7 Å². The fourth-order valence-electron chi connectivity index (χ4n) is 1.14. The molecule has 0 aliphatic heterocycles. The van der Waals surface area contributed by atoms with Gasteiger partial charge in [0.15, 0.2) is 5.76 Å². The molecule has 0 bridgehead atoms. The lowest BCUT2D eigenvalue weighted by Crippen LogP contribution is -2.25. The van der Waals surface area contributed by atoms with Crippen molar-refractivity contribution in [3.05, 3.63) is 36.3 Å². The maximum Gasteiger partial charge on any atom is 0.286 e. The van der Waals surface area contributed by atoms with Gasteiger partial charge in [-0.05, 0) is 12.1 Å². The van der Waals surface area contributed by atoms with Gasteiger partial charge < -0.3 is 9.73 Å². The number of aromatic amines is 1. The van der Waals surface area contributed by atoms with E-state index in [2.05, 4.69) is 20.5 Å². The predicted octanol–water partition coefficient (Wildman–Crippen LogP) is 0.370. The Morgan fingerprint density at radius 2 is 2.53 bits per heavy atom. The first kappa shape index (κ1) is 9.45. The van der Waals surface area contributed by atoms with Crippen molar-refractivity contribution in [2.45, 2.75) is 6.42 Å². The number of aromatic nitrogens is 3. The Kier molecular flexibility index (Phi) is 2.77. The van der Waals surface area contributed by atoms with Crippen molar-refractivity contribution in [3.8, 4) is 0 Å². The largest absolute Gasteiger partial charge is 0.459 e. The van der Waals surface area contributed by atoms with Crippen molar-refractivity contribution in [1.82, 2.24) is 20.5 Å². The van der Waals surface area contributed by atoms with Gasteiger partial charge in [0, 0.05) is 13.0 Å². The summed E-state index contributed by atoms with van der Waals surface area (Å²) in [6.45, 7) is 0.495. The third kappa shape index (κ3) is 2.43. The van der Waals surface area contributed by atoms with Gasteiger partial charge in [0.1, 0.15) is 12.2 Å². The van der Waals surface area contributed by atoms with E-state index in [9.17, 15) is 4.79 Å². The highest BCUT2D eigenvalue weighted by atomic mass is 16.3. The molecule has 0 aliphatic carbocycles. The van der Waals surface area contributed by atoms with E-state index in [4.69, 9.17) is 4.42 Å². The molecule has 2 heterocycles. The van der Waals surface area contributed by atoms with Crippen LogP contribution in [0, 0.1) is 0 Å². The van der Waals surface area contributed by atoms with Crippen molar-refractivity contribution >= 4 is 5.91 Å². The zero-order chi connectivity index (χ0) is 10.5. The van der Waals surface area contributed by atoms with Gasteiger partial charge in [-0.1, -0.05) is 0 Å². The van der Waals surface area contributed by atoms with Crippen LogP contribution in [0.2, 0.25) is 0 Å². The summed E-state index contributed by atoms with van der Waals surface area (Å²) in [7, 11) is 0. The van der Waals surface area contributed by atoms with Crippen molar-refractivity contribution in [3.63, 3.8) is 0 Å². The van der Waals surface area contributed by atoms with E-state index in [1.54, 1.807) is 12.1 Å². The Morgan fingerprint density at radius 3 is 3.20 bits per heavy atom. The number of H-pyrrole nitrogens is 1. The fraction of sp³-hybridized carbons (Fsp3) is 0.222. The van der Waals surface area contributed by atoms with Gasteiger partial charge in [0.2, 0.25) is 0 Å². The van der Waals surface area contributed by atoms with E-state index in [0.29, 0.717) is 18.7 Å². The SMILES string of the molecule is O=C(NCCc1ncn[nH]1)c1ccco1. The van der Waals surface area contributed by atoms with Crippen LogP contribution in [-0.2, 0) is 6.42 Å². The third-order valence-corrected chi connectivity index (χ3v) is 1.86. The zero-order valence-corrected chi connectivity index (χ0v) is 7.93. The molecule has 0 aromatic carbocycles. The molecule has 2 rings (SSSR count). The molecule has 0 radical (unpaired) electrons. The van der Waals surface area contributed by atoms with Crippen LogP contribution in [0.1, 0.15) is 16.4 Å². The number of nitrogens with one attached hydrogen (secondary N) is 2. The summed E-state index contributed by atoms with van der Waals surface area (Å²) >= 11 is 0. The summed E-state index contributed by atoms with van der Waals surface area (Å²) in [5.74, 6) is 0.835. The molecular formula is C9H10N4O2. The molecule has 0 saturated heterocycles. The fourth-order valence-corrected chi connectivity index (χ4v) is 1.14. The van der Waals surface area contributed by atoms with E-state index in [1.165, 1.54) is 12.6 Å². The first-order valence-corrected chi connectivity index (χ1v) is 4.52. The minimum Gasteiger partial charge on any atom is -0.459 e. The van der Waals surface area contributed by atoms with Crippen LogP contribution in [-0.4, -0.2) is 27.6 Å². The normalized spacial score (nSPS) is 10.1. The second kappa shape index (κ2) is 4.41. The summed E-state index contributed by atoms with van der Waals surface area (Å²) in [4.78, 5) is 15.3. The molecule has 0 atom stereocenters. The standard InChI is InChI=1S/C9H10N4O2/c14-9(7-2-1-5-15-7)10-4-3-8-11-6-12-13-8/h1-2,5-6H,3-4H2,(H,10,14)(H,11,12,13). The molecule has 0 saturated carbocycles. The highest BCUT2D eigenvalue weighted by Gasteiger charge is 2.07.